The lowest BCUT2D eigenvalue weighted by Gasteiger charge is -2.39. The van der Waals surface area contributed by atoms with E-state index in [4.69, 9.17) is 23.7 Å². The number of anilines is 1. The first kappa shape index (κ1) is 36.1. The van der Waals surface area contributed by atoms with E-state index < -0.39 is 30.2 Å². The van der Waals surface area contributed by atoms with Crippen molar-refractivity contribution in [1.82, 2.24) is 10.2 Å². The fourth-order valence-corrected chi connectivity index (χ4v) is 7.15. The van der Waals surface area contributed by atoms with E-state index in [9.17, 15) is 19.5 Å². The number of imide groups is 1. The first-order valence-corrected chi connectivity index (χ1v) is 17.7. The van der Waals surface area contributed by atoms with Gasteiger partial charge < -0.3 is 34.1 Å². The molecule has 1 unspecified atom stereocenters. The summed E-state index contributed by atoms with van der Waals surface area (Å²) in [6.07, 6.45) is -0.845. The minimum Gasteiger partial charge on any atom is -0.493 e. The third-order valence-corrected chi connectivity index (χ3v) is 9.93. The van der Waals surface area contributed by atoms with Gasteiger partial charge in [-0.15, -0.1) is 0 Å². The molecule has 0 radical (unpaired) electrons. The molecule has 0 bridgehead atoms. The Morgan fingerprint density at radius 3 is 2.36 bits per heavy atom. The van der Waals surface area contributed by atoms with E-state index in [2.05, 4.69) is 16.3 Å². The van der Waals surface area contributed by atoms with Crippen molar-refractivity contribution in [1.29, 1.82) is 0 Å². The highest BCUT2D eigenvalue weighted by molar-refractivity contribution is 6.22. The molecule has 4 aromatic carbocycles. The molecule has 0 aliphatic carbocycles. The number of nitrogens with zero attached hydrogens (tertiary/aromatic N) is 2. The van der Waals surface area contributed by atoms with Crippen molar-refractivity contribution >= 4 is 23.6 Å². The van der Waals surface area contributed by atoms with Crippen LogP contribution in [0.15, 0.2) is 91.0 Å². The first-order valence-electron chi connectivity index (χ1n) is 17.7. The smallest absolute Gasteiger partial charge is 0.408 e. The third-order valence-electron chi connectivity index (χ3n) is 9.93. The number of carbonyl (C=O) groups is 3. The zero-order valence-corrected chi connectivity index (χ0v) is 29.7. The number of alkyl carbamates (subject to hydrolysis) is 1. The zero-order valence-electron chi connectivity index (χ0n) is 29.7. The number of nitrogens with one attached hydrogen (secondary N) is 1. The maximum absolute atomic E-state index is 13.5. The molecule has 12 heteroatoms. The number of hydrogen-bond acceptors (Lipinski definition) is 10. The number of amides is 3. The molecule has 0 saturated carbocycles. The third kappa shape index (κ3) is 8.21. The number of methoxy groups -OCH3 is 2. The molecule has 53 heavy (non-hydrogen) atoms. The SMILES string of the molecule is COc1cc2c(cc1OC)CN(C[C@@H]1C[C@H](c3ccc(CO)cc3)O[C@H](c3cccc(N4C(=O)CC(NC(=O)OCc5ccccc5)C4=O)c3)O1)CC2. The van der Waals surface area contributed by atoms with Gasteiger partial charge in [0.15, 0.2) is 17.8 Å². The van der Waals surface area contributed by atoms with Gasteiger partial charge in [0.25, 0.3) is 5.91 Å². The van der Waals surface area contributed by atoms with Crippen LogP contribution in [0.3, 0.4) is 0 Å². The van der Waals surface area contributed by atoms with Crippen LogP contribution in [-0.4, -0.2) is 67.4 Å². The molecule has 3 heterocycles. The maximum Gasteiger partial charge on any atom is 0.408 e. The van der Waals surface area contributed by atoms with E-state index in [-0.39, 0.29) is 31.8 Å². The van der Waals surface area contributed by atoms with Crippen LogP contribution in [0.5, 0.6) is 11.5 Å². The van der Waals surface area contributed by atoms with E-state index >= 15 is 0 Å². The number of aliphatic hydroxyl groups is 1. The molecule has 0 aromatic heterocycles. The monoisotopic (exact) mass is 721 g/mol. The Labute approximate surface area is 308 Å². The van der Waals surface area contributed by atoms with E-state index in [1.807, 2.05) is 66.7 Å². The van der Waals surface area contributed by atoms with Gasteiger partial charge in [-0.2, -0.15) is 0 Å². The van der Waals surface area contributed by atoms with Crippen LogP contribution in [-0.2, 0) is 50.0 Å². The van der Waals surface area contributed by atoms with E-state index in [0.717, 1.165) is 46.9 Å². The highest BCUT2D eigenvalue weighted by Gasteiger charge is 2.41. The predicted molar refractivity (Wildman–Crippen MR) is 194 cm³/mol. The normalized spacial score (nSPS) is 21.6. The minimum atomic E-state index is -1.05. The van der Waals surface area contributed by atoms with Crippen LogP contribution in [0.4, 0.5) is 10.5 Å². The molecule has 3 aliphatic rings. The zero-order chi connectivity index (χ0) is 36.9. The molecule has 2 N–H and O–H groups in total. The van der Waals surface area contributed by atoms with Gasteiger partial charge in [-0.3, -0.25) is 14.5 Å². The number of ether oxygens (including phenoxy) is 5. The molecular weight excluding hydrogens is 678 g/mol. The van der Waals surface area contributed by atoms with Gasteiger partial charge in [0.2, 0.25) is 5.91 Å². The van der Waals surface area contributed by atoms with Crippen molar-refractivity contribution in [3.8, 4) is 11.5 Å². The van der Waals surface area contributed by atoms with Gasteiger partial charge in [-0.1, -0.05) is 66.7 Å². The van der Waals surface area contributed by atoms with Crippen molar-refractivity contribution < 1.29 is 43.2 Å². The van der Waals surface area contributed by atoms with Crippen molar-refractivity contribution in [2.75, 3.05) is 32.2 Å². The summed E-state index contributed by atoms with van der Waals surface area (Å²) in [4.78, 5) is 42.6. The summed E-state index contributed by atoms with van der Waals surface area (Å²) in [6, 6.07) is 26.9. The van der Waals surface area contributed by atoms with Crippen LogP contribution in [0, 0.1) is 0 Å². The molecule has 2 saturated heterocycles. The molecule has 0 spiro atoms. The maximum atomic E-state index is 13.5. The number of benzene rings is 4. The molecule has 3 amide bonds. The van der Waals surface area contributed by atoms with Gasteiger partial charge >= 0.3 is 6.09 Å². The summed E-state index contributed by atoms with van der Waals surface area (Å²) in [7, 11) is 3.28. The number of aliphatic hydroxyl groups excluding tert-OH is 1. The highest BCUT2D eigenvalue weighted by Crippen LogP contribution is 2.40. The van der Waals surface area contributed by atoms with Gasteiger partial charge in [0.1, 0.15) is 12.6 Å². The second-order valence-electron chi connectivity index (χ2n) is 13.4. The summed E-state index contributed by atoms with van der Waals surface area (Å²) in [6.45, 7) is 2.19. The number of rotatable bonds is 11. The summed E-state index contributed by atoms with van der Waals surface area (Å²) < 4.78 is 29.6. The summed E-state index contributed by atoms with van der Waals surface area (Å²) in [5, 5.41) is 12.2. The Balaban J connectivity index is 1.07. The first-order chi connectivity index (χ1) is 25.8. The summed E-state index contributed by atoms with van der Waals surface area (Å²) in [5.74, 6) is 0.429. The predicted octanol–water partition coefficient (Wildman–Crippen LogP) is 5.36. The quantitative estimate of drug-likeness (QED) is 0.195. The van der Waals surface area contributed by atoms with E-state index in [1.54, 1.807) is 32.4 Å². The van der Waals surface area contributed by atoms with Crippen LogP contribution >= 0.6 is 0 Å². The Morgan fingerprint density at radius 1 is 0.868 bits per heavy atom. The fourth-order valence-electron chi connectivity index (χ4n) is 7.15. The van der Waals surface area contributed by atoms with Crippen molar-refractivity contribution in [2.45, 2.75) is 63.6 Å². The summed E-state index contributed by atoms with van der Waals surface area (Å²) >= 11 is 0. The Kier molecular flexibility index (Phi) is 11.0. The van der Waals surface area contributed by atoms with E-state index in [1.165, 1.54) is 11.1 Å². The molecule has 2 fully saturated rings. The highest BCUT2D eigenvalue weighted by atomic mass is 16.7. The topological polar surface area (TPSA) is 136 Å². The van der Waals surface area contributed by atoms with Crippen molar-refractivity contribution in [3.05, 3.63) is 124 Å². The summed E-state index contributed by atoms with van der Waals surface area (Å²) in [5.41, 5.74) is 5.97. The number of fused-ring (bicyclic) bond motifs is 1. The van der Waals surface area contributed by atoms with Gasteiger partial charge in [-0.25, -0.2) is 9.69 Å². The molecule has 12 nitrogen and oxygen atoms in total. The van der Waals surface area contributed by atoms with E-state index in [0.29, 0.717) is 30.0 Å². The lowest BCUT2D eigenvalue weighted by Crippen LogP contribution is -2.42. The standard InChI is InChI=1S/C41H43N3O9/c1-49-36-18-29-15-16-43(22-31(29)19-37(36)50-2)23-33-20-35(28-13-11-26(24-45)12-14-28)53-40(52-33)30-9-6-10-32(17-30)44-38(46)21-34(39(44)47)42-41(48)51-25-27-7-4-3-5-8-27/h3-14,17-19,33-35,40,45H,15-16,20-25H2,1-2H3,(H,42,48)/t33-,34?,35+,40+/m0/s1. The molecule has 4 atom stereocenters. The van der Waals surface area contributed by atoms with Crippen LogP contribution in [0.25, 0.3) is 0 Å². The number of carbonyl (C=O) groups excluding carboxylic acids is 3. The van der Waals surface area contributed by atoms with Crippen LogP contribution < -0.4 is 19.7 Å². The molecule has 276 valence electrons. The minimum absolute atomic E-state index is 0.0390. The Bertz CT molecular complexity index is 1940. The lowest BCUT2D eigenvalue weighted by molar-refractivity contribution is -0.253. The van der Waals surface area contributed by atoms with Gasteiger partial charge in [0.05, 0.1) is 45.1 Å². The molecular formula is C41H43N3O9. The molecule has 3 aliphatic heterocycles. The second-order valence-corrected chi connectivity index (χ2v) is 13.4. The molecule has 4 aromatic rings. The van der Waals surface area contributed by atoms with Crippen LogP contribution in [0.2, 0.25) is 0 Å². The average molecular weight is 722 g/mol. The number of hydrogen-bond donors (Lipinski definition) is 2. The largest absolute Gasteiger partial charge is 0.493 e. The van der Waals surface area contributed by atoms with Gasteiger partial charge in [0, 0.05) is 31.6 Å². The second kappa shape index (κ2) is 16.2. The van der Waals surface area contributed by atoms with Gasteiger partial charge in [-0.05, 0) is 58.5 Å². The van der Waals surface area contributed by atoms with Crippen molar-refractivity contribution in [2.24, 2.45) is 0 Å². The van der Waals surface area contributed by atoms with Crippen LogP contribution in [0.1, 0.15) is 58.6 Å². The van der Waals surface area contributed by atoms with Crippen molar-refractivity contribution in [3.63, 3.8) is 0 Å². The fraction of sp³-hybridized carbons (Fsp3) is 0.341. The lowest BCUT2D eigenvalue weighted by atomic mass is 9.97. The Hall–Kier alpha value is -5.27. The Morgan fingerprint density at radius 2 is 1.62 bits per heavy atom. The average Bonchev–Trinajstić information content (AvgIpc) is 3.47. The molecule has 7 rings (SSSR count).